The number of nitrogens with one attached hydrogen (secondary N) is 1. The van der Waals surface area contributed by atoms with Gasteiger partial charge in [0, 0.05) is 11.3 Å². The number of carbonyl (C=O) groups is 1. The summed E-state index contributed by atoms with van der Waals surface area (Å²) < 4.78 is 11.3. The predicted octanol–water partition coefficient (Wildman–Crippen LogP) is 5.25. The lowest BCUT2D eigenvalue weighted by atomic mass is 10.2. The molecule has 164 valence electrons. The average molecular weight is 431 g/mol. The number of aromatic nitrogens is 3. The third-order valence-corrected chi connectivity index (χ3v) is 5.03. The molecule has 0 bridgehead atoms. The summed E-state index contributed by atoms with van der Waals surface area (Å²) in [5.41, 5.74) is 3.43. The maximum absolute atomic E-state index is 12.7. The van der Waals surface area contributed by atoms with E-state index in [2.05, 4.69) is 22.4 Å². The van der Waals surface area contributed by atoms with Gasteiger partial charge in [-0.1, -0.05) is 13.0 Å². The van der Waals surface area contributed by atoms with Crippen molar-refractivity contribution in [3.05, 3.63) is 72.3 Å². The Labute approximate surface area is 187 Å². The fourth-order valence-corrected chi connectivity index (χ4v) is 3.18. The zero-order valence-corrected chi connectivity index (χ0v) is 18.4. The lowest BCUT2D eigenvalue weighted by Gasteiger charge is -2.13. The van der Waals surface area contributed by atoms with E-state index < -0.39 is 0 Å². The Kier molecular flexibility index (Phi) is 6.35. The molecule has 0 unspecified atom stereocenters. The van der Waals surface area contributed by atoms with E-state index in [1.165, 1.54) is 0 Å². The van der Waals surface area contributed by atoms with Gasteiger partial charge in [-0.05, 0) is 80.9 Å². The van der Waals surface area contributed by atoms with Gasteiger partial charge in [-0.3, -0.25) is 4.79 Å². The predicted molar refractivity (Wildman–Crippen MR) is 125 cm³/mol. The van der Waals surface area contributed by atoms with Gasteiger partial charge in [-0.2, -0.15) is 4.80 Å². The zero-order valence-electron chi connectivity index (χ0n) is 18.4. The van der Waals surface area contributed by atoms with Crippen LogP contribution < -0.4 is 14.8 Å². The standard InChI is InChI=1S/C25H26N4O3/c1-4-17(3)32-22-8-6-7-18(15-22)25(30)26-19-9-14-23-24(16-19)28-29(27-23)20-10-12-21(13-11-20)31-5-2/h6-17H,4-5H2,1-3H3,(H,26,30)/t17-/m1/s1. The van der Waals surface area contributed by atoms with Crippen LogP contribution in [0, 0.1) is 0 Å². The highest BCUT2D eigenvalue weighted by molar-refractivity contribution is 6.05. The van der Waals surface area contributed by atoms with Gasteiger partial charge in [-0.25, -0.2) is 0 Å². The van der Waals surface area contributed by atoms with Crippen LogP contribution in [-0.2, 0) is 0 Å². The van der Waals surface area contributed by atoms with E-state index in [4.69, 9.17) is 9.47 Å². The fourth-order valence-electron chi connectivity index (χ4n) is 3.18. The van der Waals surface area contributed by atoms with Crippen LogP contribution >= 0.6 is 0 Å². The van der Waals surface area contributed by atoms with E-state index in [0.29, 0.717) is 29.1 Å². The van der Waals surface area contributed by atoms with E-state index in [1.54, 1.807) is 16.9 Å². The van der Waals surface area contributed by atoms with Crippen molar-refractivity contribution in [1.82, 2.24) is 15.0 Å². The molecule has 0 saturated carbocycles. The van der Waals surface area contributed by atoms with Gasteiger partial charge in [-0.15, -0.1) is 10.2 Å². The first kappa shape index (κ1) is 21.4. The molecule has 3 aromatic carbocycles. The second-order valence-corrected chi connectivity index (χ2v) is 7.44. The maximum Gasteiger partial charge on any atom is 0.255 e. The van der Waals surface area contributed by atoms with Crippen molar-refractivity contribution in [2.24, 2.45) is 0 Å². The number of ether oxygens (including phenoxy) is 2. The molecule has 7 nitrogen and oxygen atoms in total. The van der Waals surface area contributed by atoms with Crippen LogP contribution in [0.5, 0.6) is 11.5 Å². The number of hydrogen-bond acceptors (Lipinski definition) is 5. The minimum Gasteiger partial charge on any atom is -0.494 e. The molecule has 0 aliphatic carbocycles. The van der Waals surface area contributed by atoms with Gasteiger partial charge >= 0.3 is 0 Å². The van der Waals surface area contributed by atoms with Crippen molar-refractivity contribution >= 4 is 22.6 Å². The summed E-state index contributed by atoms with van der Waals surface area (Å²) in [5, 5.41) is 12.0. The number of amides is 1. The number of fused-ring (bicyclic) bond motifs is 1. The van der Waals surface area contributed by atoms with Gasteiger partial charge in [0.05, 0.1) is 18.4 Å². The summed E-state index contributed by atoms with van der Waals surface area (Å²) in [7, 11) is 0. The third-order valence-electron chi connectivity index (χ3n) is 5.03. The summed E-state index contributed by atoms with van der Waals surface area (Å²) in [4.78, 5) is 14.3. The SMILES string of the molecule is CCOc1ccc(-n2nc3ccc(NC(=O)c4cccc(O[C@H](C)CC)c4)cc3n2)cc1. The minimum atomic E-state index is -0.210. The smallest absolute Gasteiger partial charge is 0.255 e. The molecule has 1 heterocycles. The molecule has 32 heavy (non-hydrogen) atoms. The molecule has 0 aliphatic heterocycles. The van der Waals surface area contributed by atoms with Crippen molar-refractivity contribution in [3.63, 3.8) is 0 Å². The van der Waals surface area contributed by atoms with Gasteiger partial charge in [0.15, 0.2) is 0 Å². The van der Waals surface area contributed by atoms with E-state index in [9.17, 15) is 4.79 Å². The van der Waals surface area contributed by atoms with Crippen LogP contribution in [0.1, 0.15) is 37.6 Å². The molecule has 1 amide bonds. The molecule has 0 aliphatic rings. The monoisotopic (exact) mass is 430 g/mol. The summed E-state index contributed by atoms with van der Waals surface area (Å²) in [5.74, 6) is 1.27. The van der Waals surface area contributed by atoms with E-state index in [0.717, 1.165) is 23.4 Å². The van der Waals surface area contributed by atoms with E-state index in [-0.39, 0.29) is 12.0 Å². The van der Waals surface area contributed by atoms with Crippen molar-refractivity contribution in [1.29, 1.82) is 0 Å². The molecule has 0 radical (unpaired) electrons. The fraction of sp³-hybridized carbons (Fsp3) is 0.240. The Hall–Kier alpha value is -3.87. The van der Waals surface area contributed by atoms with Crippen molar-refractivity contribution < 1.29 is 14.3 Å². The zero-order chi connectivity index (χ0) is 22.5. The van der Waals surface area contributed by atoms with Crippen molar-refractivity contribution in [3.8, 4) is 17.2 Å². The average Bonchev–Trinajstić information content (AvgIpc) is 3.23. The molecule has 4 aromatic rings. The molecule has 7 heteroatoms. The first-order valence-electron chi connectivity index (χ1n) is 10.7. The van der Waals surface area contributed by atoms with Gasteiger partial charge < -0.3 is 14.8 Å². The molecule has 0 spiro atoms. The molecular weight excluding hydrogens is 404 g/mol. The first-order chi connectivity index (χ1) is 15.6. The Morgan fingerprint density at radius 3 is 2.50 bits per heavy atom. The van der Waals surface area contributed by atoms with Crippen LogP contribution in [0.4, 0.5) is 5.69 Å². The number of rotatable bonds is 8. The second-order valence-electron chi connectivity index (χ2n) is 7.44. The molecule has 0 fully saturated rings. The third kappa shape index (κ3) is 4.88. The van der Waals surface area contributed by atoms with Gasteiger partial charge in [0.1, 0.15) is 22.5 Å². The molecular formula is C25H26N4O3. The van der Waals surface area contributed by atoms with Crippen LogP contribution in [-0.4, -0.2) is 33.6 Å². The minimum absolute atomic E-state index is 0.0914. The lowest BCUT2D eigenvalue weighted by Crippen LogP contribution is -2.13. The highest BCUT2D eigenvalue weighted by atomic mass is 16.5. The summed E-state index contributed by atoms with van der Waals surface area (Å²) >= 11 is 0. The summed E-state index contributed by atoms with van der Waals surface area (Å²) in [6.07, 6.45) is 0.988. The summed E-state index contributed by atoms with van der Waals surface area (Å²) in [6, 6.07) is 20.2. The van der Waals surface area contributed by atoms with Crippen LogP contribution in [0.3, 0.4) is 0 Å². The Morgan fingerprint density at radius 2 is 1.75 bits per heavy atom. The van der Waals surface area contributed by atoms with E-state index in [1.807, 2.05) is 68.4 Å². The van der Waals surface area contributed by atoms with E-state index >= 15 is 0 Å². The molecule has 0 saturated heterocycles. The number of benzene rings is 3. The largest absolute Gasteiger partial charge is 0.494 e. The normalized spacial score (nSPS) is 11.8. The second kappa shape index (κ2) is 9.51. The van der Waals surface area contributed by atoms with Crippen LogP contribution in [0.15, 0.2) is 66.7 Å². The number of carbonyl (C=O) groups excluding carboxylic acids is 1. The molecule has 1 N–H and O–H groups in total. The van der Waals surface area contributed by atoms with Gasteiger partial charge in [0.25, 0.3) is 5.91 Å². The highest BCUT2D eigenvalue weighted by Crippen LogP contribution is 2.21. The molecule has 1 atom stereocenters. The maximum atomic E-state index is 12.7. The molecule has 4 rings (SSSR count). The van der Waals surface area contributed by atoms with Gasteiger partial charge in [0.2, 0.25) is 0 Å². The topological polar surface area (TPSA) is 78.3 Å². The number of nitrogens with zero attached hydrogens (tertiary/aromatic N) is 3. The number of anilines is 1. The van der Waals surface area contributed by atoms with Crippen LogP contribution in [0.25, 0.3) is 16.7 Å². The highest BCUT2D eigenvalue weighted by Gasteiger charge is 2.11. The van der Waals surface area contributed by atoms with Crippen LogP contribution in [0.2, 0.25) is 0 Å². The summed E-state index contributed by atoms with van der Waals surface area (Å²) in [6.45, 7) is 6.63. The Bertz CT molecular complexity index is 1220. The first-order valence-corrected chi connectivity index (χ1v) is 10.7. The van der Waals surface area contributed by atoms with Crippen molar-refractivity contribution in [2.75, 3.05) is 11.9 Å². The Morgan fingerprint density at radius 1 is 0.969 bits per heavy atom. The quantitative estimate of drug-likeness (QED) is 0.413. The molecule has 1 aromatic heterocycles. The number of hydrogen-bond donors (Lipinski definition) is 1. The van der Waals surface area contributed by atoms with Crippen molar-refractivity contribution in [2.45, 2.75) is 33.3 Å². The lowest BCUT2D eigenvalue weighted by molar-refractivity contribution is 0.102. The Balaban J connectivity index is 1.50.